The Bertz CT molecular complexity index is 324. The number of hydrogen-bond donors (Lipinski definition) is 1. The lowest BCUT2D eigenvalue weighted by Crippen LogP contribution is -3.07. The van der Waals surface area contributed by atoms with Crippen LogP contribution < -0.4 is 10.0 Å². The number of aliphatic carboxylic acids is 1. The Morgan fingerprint density at radius 2 is 1.86 bits per heavy atom. The fourth-order valence-electron chi connectivity index (χ4n) is 1.96. The van der Waals surface area contributed by atoms with Crippen LogP contribution in [0.15, 0.2) is 24.3 Å². The third-order valence-electron chi connectivity index (χ3n) is 2.68. The largest absolute Gasteiger partial charge is 0.550 e. The molecule has 0 unspecified atom stereocenters. The molecule has 0 bridgehead atoms. The van der Waals surface area contributed by atoms with E-state index < -0.39 is 5.97 Å². The molecule has 0 atom stereocenters. The first kappa shape index (κ1) is 9.21. The Kier molecular flexibility index (Phi) is 2.50. The summed E-state index contributed by atoms with van der Waals surface area (Å²) in [5.41, 5.74) is 2.70. The van der Waals surface area contributed by atoms with Crippen molar-refractivity contribution in [3.05, 3.63) is 35.4 Å². The summed E-state index contributed by atoms with van der Waals surface area (Å²) in [6, 6.07) is 8.28. The van der Waals surface area contributed by atoms with Gasteiger partial charge in [-0.25, -0.2) is 0 Å². The third kappa shape index (κ3) is 1.93. The van der Waals surface area contributed by atoms with Crippen LogP contribution in [-0.2, 0) is 17.9 Å². The molecule has 2 rings (SSSR count). The van der Waals surface area contributed by atoms with E-state index in [-0.39, 0.29) is 6.42 Å². The number of rotatable bonds is 3. The Balaban J connectivity index is 1.95. The zero-order chi connectivity index (χ0) is 9.97. The highest BCUT2D eigenvalue weighted by molar-refractivity contribution is 5.64. The van der Waals surface area contributed by atoms with E-state index in [0.717, 1.165) is 13.1 Å². The maximum absolute atomic E-state index is 10.3. The zero-order valence-electron chi connectivity index (χ0n) is 7.95. The highest BCUT2D eigenvalue weighted by Crippen LogP contribution is 2.10. The first-order valence-electron chi connectivity index (χ1n) is 4.86. The van der Waals surface area contributed by atoms with E-state index in [4.69, 9.17) is 0 Å². The molecule has 0 radical (unpaired) electrons. The van der Waals surface area contributed by atoms with Crippen LogP contribution in [0.3, 0.4) is 0 Å². The van der Waals surface area contributed by atoms with Crippen molar-refractivity contribution in [2.75, 3.05) is 6.54 Å². The van der Waals surface area contributed by atoms with Gasteiger partial charge in [0.1, 0.15) is 13.1 Å². The molecule has 1 N–H and O–H groups in total. The van der Waals surface area contributed by atoms with E-state index in [9.17, 15) is 9.90 Å². The molecule has 1 aromatic carbocycles. The van der Waals surface area contributed by atoms with Crippen LogP contribution in [-0.4, -0.2) is 12.5 Å². The molecule has 0 amide bonds. The van der Waals surface area contributed by atoms with Gasteiger partial charge >= 0.3 is 0 Å². The summed E-state index contributed by atoms with van der Waals surface area (Å²) in [6.45, 7) is 2.56. The normalized spacial score (nSPS) is 15.4. The van der Waals surface area contributed by atoms with Crippen molar-refractivity contribution in [3.63, 3.8) is 0 Å². The first-order chi connectivity index (χ1) is 6.75. The van der Waals surface area contributed by atoms with Gasteiger partial charge in [-0.15, -0.1) is 0 Å². The number of nitrogens with one attached hydrogen (secondary N) is 1. The number of carbonyl (C=O) groups excluding carboxylic acids is 1. The van der Waals surface area contributed by atoms with Crippen molar-refractivity contribution in [1.29, 1.82) is 0 Å². The van der Waals surface area contributed by atoms with Crippen LogP contribution in [0.4, 0.5) is 0 Å². The molecular formula is C11H13NO2. The summed E-state index contributed by atoms with van der Waals surface area (Å²) in [7, 11) is 0. The Morgan fingerprint density at radius 3 is 2.36 bits per heavy atom. The smallest absolute Gasteiger partial charge is 0.104 e. The van der Waals surface area contributed by atoms with Crippen molar-refractivity contribution in [2.24, 2.45) is 0 Å². The summed E-state index contributed by atoms with van der Waals surface area (Å²) < 4.78 is 0. The predicted octanol–water partition coefficient (Wildman–Crippen LogP) is -1.27. The lowest BCUT2D eigenvalue weighted by molar-refractivity contribution is -0.920. The first-order valence-corrected chi connectivity index (χ1v) is 4.86. The fraction of sp³-hybridized carbons (Fsp3) is 0.364. The zero-order valence-corrected chi connectivity index (χ0v) is 7.95. The van der Waals surface area contributed by atoms with Gasteiger partial charge in [-0.1, -0.05) is 24.3 Å². The van der Waals surface area contributed by atoms with Gasteiger partial charge in [0.05, 0.1) is 6.54 Å². The lowest BCUT2D eigenvalue weighted by Gasteiger charge is -2.11. The van der Waals surface area contributed by atoms with E-state index in [2.05, 4.69) is 12.1 Å². The minimum atomic E-state index is -0.951. The molecule has 3 heteroatoms. The van der Waals surface area contributed by atoms with Crippen LogP contribution in [0, 0.1) is 0 Å². The molecule has 0 aromatic heterocycles. The minimum absolute atomic E-state index is 0.156. The number of quaternary nitrogens is 1. The van der Waals surface area contributed by atoms with Crippen molar-refractivity contribution in [3.8, 4) is 0 Å². The van der Waals surface area contributed by atoms with E-state index in [1.807, 2.05) is 12.1 Å². The second-order valence-electron chi connectivity index (χ2n) is 3.74. The summed E-state index contributed by atoms with van der Waals surface area (Å²) >= 11 is 0. The molecule has 1 aliphatic rings. The van der Waals surface area contributed by atoms with Gasteiger partial charge in [0.15, 0.2) is 0 Å². The number of fused-ring (bicyclic) bond motifs is 1. The maximum Gasteiger partial charge on any atom is 0.104 e. The quantitative estimate of drug-likeness (QED) is 0.647. The van der Waals surface area contributed by atoms with Gasteiger partial charge < -0.3 is 14.8 Å². The minimum Gasteiger partial charge on any atom is -0.550 e. The molecule has 0 fully saturated rings. The van der Waals surface area contributed by atoms with Crippen LogP contribution in [0.1, 0.15) is 17.5 Å². The summed E-state index contributed by atoms with van der Waals surface area (Å²) in [4.78, 5) is 11.6. The van der Waals surface area contributed by atoms with E-state index in [1.165, 1.54) is 16.0 Å². The van der Waals surface area contributed by atoms with Gasteiger partial charge in [-0.3, -0.25) is 0 Å². The van der Waals surface area contributed by atoms with Crippen LogP contribution >= 0.6 is 0 Å². The molecule has 0 saturated carbocycles. The standard InChI is InChI=1S/C11H13NO2/c13-11(14)5-6-12-7-9-3-1-2-4-10(9)8-12/h1-4H,5-8H2,(H,13,14). The molecule has 1 heterocycles. The summed E-state index contributed by atoms with van der Waals surface area (Å²) in [5, 5.41) is 10.3. The van der Waals surface area contributed by atoms with Crippen molar-refractivity contribution >= 4 is 5.97 Å². The number of carboxylic acid groups (broad SMARTS) is 1. The van der Waals surface area contributed by atoms with Crippen molar-refractivity contribution in [2.45, 2.75) is 19.5 Å². The van der Waals surface area contributed by atoms with Gasteiger partial charge in [-0.2, -0.15) is 0 Å². The molecule has 0 spiro atoms. The van der Waals surface area contributed by atoms with Gasteiger partial charge in [0.25, 0.3) is 0 Å². The molecular weight excluding hydrogens is 178 g/mol. The highest BCUT2D eigenvalue weighted by atomic mass is 16.4. The highest BCUT2D eigenvalue weighted by Gasteiger charge is 2.20. The van der Waals surface area contributed by atoms with Crippen molar-refractivity contribution in [1.82, 2.24) is 0 Å². The number of hydrogen-bond acceptors (Lipinski definition) is 2. The summed E-state index contributed by atoms with van der Waals surface area (Å²) in [5.74, 6) is -0.951. The third-order valence-corrected chi connectivity index (χ3v) is 2.68. The average molecular weight is 191 g/mol. The molecule has 14 heavy (non-hydrogen) atoms. The average Bonchev–Trinajstić information content (AvgIpc) is 2.57. The second kappa shape index (κ2) is 3.80. The Labute approximate surface area is 83.0 Å². The van der Waals surface area contributed by atoms with Gasteiger partial charge in [0.2, 0.25) is 0 Å². The maximum atomic E-state index is 10.3. The fourth-order valence-corrected chi connectivity index (χ4v) is 1.96. The molecule has 0 aliphatic carbocycles. The summed E-state index contributed by atoms with van der Waals surface area (Å²) in [6.07, 6.45) is 0.156. The van der Waals surface area contributed by atoms with E-state index in [1.54, 1.807) is 0 Å². The van der Waals surface area contributed by atoms with Crippen LogP contribution in [0.2, 0.25) is 0 Å². The molecule has 3 nitrogen and oxygen atoms in total. The van der Waals surface area contributed by atoms with E-state index >= 15 is 0 Å². The molecule has 1 aromatic rings. The lowest BCUT2D eigenvalue weighted by atomic mass is 10.1. The van der Waals surface area contributed by atoms with Crippen LogP contribution in [0.25, 0.3) is 0 Å². The number of carbonyl (C=O) groups is 1. The van der Waals surface area contributed by atoms with Gasteiger partial charge in [-0.05, 0) is 0 Å². The number of carboxylic acids is 1. The molecule has 1 aliphatic heterocycles. The monoisotopic (exact) mass is 191 g/mol. The van der Waals surface area contributed by atoms with E-state index in [0.29, 0.717) is 6.54 Å². The van der Waals surface area contributed by atoms with Crippen LogP contribution in [0.5, 0.6) is 0 Å². The van der Waals surface area contributed by atoms with Crippen molar-refractivity contribution < 1.29 is 14.8 Å². The topological polar surface area (TPSA) is 44.6 Å². The molecule has 74 valence electrons. The second-order valence-corrected chi connectivity index (χ2v) is 3.74. The predicted molar refractivity (Wildman–Crippen MR) is 49.3 cm³/mol. The SMILES string of the molecule is O=C([O-])CC[NH+]1Cc2ccccc2C1. The van der Waals surface area contributed by atoms with Gasteiger partial charge in [0, 0.05) is 23.5 Å². The molecule has 0 saturated heterocycles. The number of benzene rings is 1. The Hall–Kier alpha value is -1.35. The Morgan fingerprint density at radius 1 is 1.29 bits per heavy atom.